The Kier molecular flexibility index (Phi) is 8.27. The summed E-state index contributed by atoms with van der Waals surface area (Å²) in [6, 6.07) is 6.75. The average molecular weight is 461 g/mol. The van der Waals surface area contributed by atoms with Crippen molar-refractivity contribution in [2.75, 3.05) is 13.6 Å². The van der Waals surface area contributed by atoms with E-state index in [2.05, 4.69) is 25.8 Å². The molecule has 1 heterocycles. The molecule has 0 atom stereocenters. The molecule has 138 valence electrons. The van der Waals surface area contributed by atoms with Crippen molar-refractivity contribution in [1.29, 1.82) is 0 Å². The van der Waals surface area contributed by atoms with Crippen LogP contribution in [-0.4, -0.2) is 29.7 Å². The van der Waals surface area contributed by atoms with Crippen LogP contribution in [0.15, 0.2) is 33.8 Å². The van der Waals surface area contributed by atoms with Crippen molar-refractivity contribution >= 4 is 29.9 Å². The third-order valence-corrected chi connectivity index (χ3v) is 3.39. The molecule has 25 heavy (non-hydrogen) atoms. The van der Waals surface area contributed by atoms with Crippen molar-refractivity contribution in [3.8, 4) is 0 Å². The lowest BCUT2D eigenvalue weighted by Gasteiger charge is -2.11. The van der Waals surface area contributed by atoms with Gasteiger partial charge in [0.15, 0.2) is 11.8 Å². The Morgan fingerprint density at radius 2 is 1.96 bits per heavy atom. The summed E-state index contributed by atoms with van der Waals surface area (Å²) in [5.74, 6) is 1.58. The van der Waals surface area contributed by atoms with Gasteiger partial charge >= 0.3 is 0 Å². The topological polar surface area (TPSA) is 75.3 Å². The number of nitrogens with one attached hydrogen (secondary N) is 2. The molecular weight excluding hydrogens is 436 g/mol. The van der Waals surface area contributed by atoms with Gasteiger partial charge in [-0.3, -0.25) is 4.99 Å². The molecular formula is C17H25FIN5O. The molecule has 8 heteroatoms. The molecule has 2 aromatic rings. The van der Waals surface area contributed by atoms with Crippen LogP contribution in [0.5, 0.6) is 0 Å². The van der Waals surface area contributed by atoms with Crippen molar-refractivity contribution in [2.24, 2.45) is 4.99 Å². The maximum absolute atomic E-state index is 13.6. The second-order valence-electron chi connectivity index (χ2n) is 6.46. The lowest BCUT2D eigenvalue weighted by molar-refractivity contribution is 0.318. The van der Waals surface area contributed by atoms with Crippen LogP contribution < -0.4 is 10.6 Å². The van der Waals surface area contributed by atoms with E-state index in [0.29, 0.717) is 42.7 Å². The Hall–Kier alpha value is -1.71. The monoisotopic (exact) mass is 461 g/mol. The first-order chi connectivity index (χ1) is 11.4. The quantitative estimate of drug-likeness (QED) is 0.407. The predicted octanol–water partition coefficient (Wildman–Crippen LogP) is 3.03. The third-order valence-electron chi connectivity index (χ3n) is 3.39. The number of aromatic nitrogens is 2. The predicted molar refractivity (Wildman–Crippen MR) is 107 cm³/mol. The third kappa shape index (κ3) is 6.60. The summed E-state index contributed by atoms with van der Waals surface area (Å²) in [5.41, 5.74) is 0.499. The summed E-state index contributed by atoms with van der Waals surface area (Å²) in [5, 5.41) is 10.2. The van der Waals surface area contributed by atoms with Gasteiger partial charge in [0.25, 0.3) is 0 Å². The number of nitrogens with zero attached hydrogens (tertiary/aromatic N) is 3. The number of benzene rings is 1. The lowest BCUT2D eigenvalue weighted by atomic mass is 9.97. The van der Waals surface area contributed by atoms with Crippen LogP contribution >= 0.6 is 24.0 Å². The minimum Gasteiger partial charge on any atom is -0.356 e. The lowest BCUT2D eigenvalue weighted by Crippen LogP contribution is -2.38. The molecule has 0 aliphatic rings. The molecule has 1 aromatic carbocycles. The Bertz CT molecular complexity index is 696. The molecule has 0 aliphatic heterocycles. The molecule has 0 saturated carbocycles. The number of halogens is 2. The molecule has 6 nitrogen and oxygen atoms in total. The number of aliphatic imine (C=N–C) groups is 1. The molecule has 2 rings (SSSR count). The van der Waals surface area contributed by atoms with E-state index < -0.39 is 0 Å². The molecule has 0 radical (unpaired) electrons. The van der Waals surface area contributed by atoms with Gasteiger partial charge in [-0.1, -0.05) is 44.1 Å². The molecule has 0 aliphatic carbocycles. The van der Waals surface area contributed by atoms with Gasteiger partial charge in [-0.2, -0.15) is 4.98 Å². The first-order valence-electron chi connectivity index (χ1n) is 7.91. The first kappa shape index (κ1) is 21.3. The van der Waals surface area contributed by atoms with E-state index in [1.54, 1.807) is 19.2 Å². The van der Waals surface area contributed by atoms with Gasteiger partial charge in [-0.05, 0) is 18.1 Å². The van der Waals surface area contributed by atoms with Crippen LogP contribution in [0.2, 0.25) is 0 Å². The fourth-order valence-corrected chi connectivity index (χ4v) is 2.03. The first-order valence-corrected chi connectivity index (χ1v) is 7.91. The Morgan fingerprint density at radius 3 is 2.56 bits per heavy atom. The molecule has 1 aromatic heterocycles. The highest BCUT2D eigenvalue weighted by Gasteiger charge is 2.21. The molecule has 0 bridgehead atoms. The Labute approximate surface area is 164 Å². The van der Waals surface area contributed by atoms with E-state index in [1.807, 2.05) is 26.8 Å². The normalized spacial score (nSPS) is 11.8. The summed E-state index contributed by atoms with van der Waals surface area (Å²) in [7, 11) is 1.68. The van der Waals surface area contributed by atoms with E-state index in [-0.39, 0.29) is 35.2 Å². The maximum Gasteiger partial charge on any atom is 0.232 e. The Morgan fingerprint density at radius 1 is 1.24 bits per heavy atom. The highest BCUT2D eigenvalue weighted by Crippen LogP contribution is 2.19. The molecule has 2 N–H and O–H groups in total. The van der Waals surface area contributed by atoms with Crippen molar-refractivity contribution in [1.82, 2.24) is 20.8 Å². The molecule has 0 unspecified atom stereocenters. The fraction of sp³-hybridized carbons (Fsp3) is 0.471. The van der Waals surface area contributed by atoms with Crippen LogP contribution in [0.4, 0.5) is 4.39 Å². The van der Waals surface area contributed by atoms with Crippen LogP contribution in [0.3, 0.4) is 0 Å². The average Bonchev–Trinajstić information content (AvgIpc) is 3.01. The molecule has 0 spiro atoms. The molecule has 0 saturated heterocycles. The van der Waals surface area contributed by atoms with Gasteiger partial charge in [-0.25, -0.2) is 4.39 Å². The van der Waals surface area contributed by atoms with E-state index in [1.165, 1.54) is 6.07 Å². The summed E-state index contributed by atoms with van der Waals surface area (Å²) in [6.07, 6.45) is 0.573. The van der Waals surface area contributed by atoms with Crippen LogP contribution in [0.1, 0.15) is 38.0 Å². The van der Waals surface area contributed by atoms with E-state index in [4.69, 9.17) is 4.52 Å². The van der Waals surface area contributed by atoms with Gasteiger partial charge in [0.1, 0.15) is 5.82 Å². The zero-order chi connectivity index (χ0) is 17.6. The van der Waals surface area contributed by atoms with Gasteiger partial charge in [0.2, 0.25) is 5.89 Å². The minimum absolute atomic E-state index is 0. The standard InChI is InChI=1S/C17H24FN5O.HI/c1-17(2,3)15-22-14(23-24-15)11-21-16(19-4)20-10-9-12-7-5-6-8-13(12)18;/h5-8H,9-11H2,1-4H3,(H2,19,20,21);1H. The molecule has 0 fully saturated rings. The second kappa shape index (κ2) is 9.69. The summed E-state index contributed by atoms with van der Waals surface area (Å²) in [4.78, 5) is 8.48. The summed E-state index contributed by atoms with van der Waals surface area (Å²) < 4.78 is 18.8. The van der Waals surface area contributed by atoms with Crippen LogP contribution in [-0.2, 0) is 18.4 Å². The van der Waals surface area contributed by atoms with Crippen LogP contribution in [0, 0.1) is 5.82 Å². The Balaban J connectivity index is 0.00000312. The van der Waals surface area contributed by atoms with Gasteiger partial charge in [-0.15, -0.1) is 24.0 Å². The fourth-order valence-electron chi connectivity index (χ4n) is 2.03. The van der Waals surface area contributed by atoms with Gasteiger partial charge in [0, 0.05) is 19.0 Å². The van der Waals surface area contributed by atoms with Gasteiger partial charge < -0.3 is 15.2 Å². The van der Waals surface area contributed by atoms with Crippen molar-refractivity contribution in [3.05, 3.63) is 47.4 Å². The van der Waals surface area contributed by atoms with Crippen molar-refractivity contribution in [2.45, 2.75) is 39.2 Å². The zero-order valence-corrected chi connectivity index (χ0v) is 17.3. The zero-order valence-electron chi connectivity index (χ0n) is 15.0. The van der Waals surface area contributed by atoms with Crippen molar-refractivity contribution < 1.29 is 8.91 Å². The minimum atomic E-state index is -0.191. The van der Waals surface area contributed by atoms with Gasteiger partial charge in [0.05, 0.1) is 6.54 Å². The SMILES string of the molecule is CN=C(NCCc1ccccc1F)NCc1noc(C(C)(C)C)n1.I. The largest absolute Gasteiger partial charge is 0.356 e. The number of hydrogen-bond acceptors (Lipinski definition) is 4. The molecule has 0 amide bonds. The number of hydrogen-bond donors (Lipinski definition) is 2. The highest BCUT2D eigenvalue weighted by atomic mass is 127. The maximum atomic E-state index is 13.6. The van der Waals surface area contributed by atoms with Crippen LogP contribution in [0.25, 0.3) is 0 Å². The van der Waals surface area contributed by atoms with E-state index in [0.717, 1.165) is 0 Å². The number of guanidine groups is 1. The highest BCUT2D eigenvalue weighted by molar-refractivity contribution is 14.0. The smallest absolute Gasteiger partial charge is 0.232 e. The summed E-state index contributed by atoms with van der Waals surface area (Å²) in [6.45, 7) is 7.02. The summed E-state index contributed by atoms with van der Waals surface area (Å²) >= 11 is 0. The number of rotatable bonds is 5. The van der Waals surface area contributed by atoms with E-state index in [9.17, 15) is 4.39 Å². The van der Waals surface area contributed by atoms with E-state index >= 15 is 0 Å². The van der Waals surface area contributed by atoms with Crippen molar-refractivity contribution in [3.63, 3.8) is 0 Å². The second-order valence-corrected chi connectivity index (χ2v) is 6.46.